The second-order valence-electron chi connectivity index (χ2n) is 4.66. The van der Waals surface area contributed by atoms with E-state index >= 15 is 0 Å². The molecule has 0 saturated carbocycles. The number of benzene rings is 2. The molecule has 0 aliphatic rings. The van der Waals surface area contributed by atoms with Crippen LogP contribution in [0.5, 0.6) is 0 Å². The van der Waals surface area contributed by atoms with Crippen LogP contribution < -0.4 is 5.32 Å². The van der Waals surface area contributed by atoms with Gasteiger partial charge >= 0.3 is 5.97 Å². The van der Waals surface area contributed by atoms with Crippen molar-refractivity contribution >= 4 is 34.2 Å². The van der Waals surface area contributed by atoms with Crippen LogP contribution in [-0.4, -0.2) is 11.1 Å². The topological polar surface area (TPSA) is 49.3 Å². The van der Waals surface area contributed by atoms with E-state index in [1.165, 1.54) is 3.57 Å². The summed E-state index contributed by atoms with van der Waals surface area (Å²) in [5.74, 6) is -1.26. The summed E-state index contributed by atoms with van der Waals surface area (Å²) in [5.41, 5.74) is 3.04. The van der Waals surface area contributed by atoms with Crippen LogP contribution in [0.15, 0.2) is 48.5 Å². The zero-order valence-corrected chi connectivity index (χ0v) is 13.3. The van der Waals surface area contributed by atoms with E-state index in [4.69, 9.17) is 5.11 Å². The van der Waals surface area contributed by atoms with E-state index < -0.39 is 11.9 Å². The highest BCUT2D eigenvalue weighted by atomic mass is 127. The SMILES string of the molecule is CC(C(=O)O)c1ccc(CNc2ccc(I)cc2)cc1. The number of aliphatic carboxylic acids is 1. The number of hydrogen-bond acceptors (Lipinski definition) is 2. The Balaban J connectivity index is 1.97. The summed E-state index contributed by atoms with van der Waals surface area (Å²) in [6, 6.07) is 15.9. The lowest BCUT2D eigenvalue weighted by Gasteiger charge is -2.09. The Labute approximate surface area is 132 Å². The van der Waals surface area contributed by atoms with Gasteiger partial charge in [0.05, 0.1) is 5.92 Å². The van der Waals surface area contributed by atoms with Crippen LogP contribution in [0.2, 0.25) is 0 Å². The van der Waals surface area contributed by atoms with Gasteiger partial charge in [0.25, 0.3) is 0 Å². The van der Waals surface area contributed by atoms with Gasteiger partial charge in [-0.05, 0) is 64.9 Å². The quantitative estimate of drug-likeness (QED) is 0.768. The van der Waals surface area contributed by atoms with Gasteiger partial charge in [0.15, 0.2) is 0 Å². The van der Waals surface area contributed by atoms with Crippen LogP contribution in [0.3, 0.4) is 0 Å². The van der Waals surface area contributed by atoms with Gasteiger partial charge in [0, 0.05) is 15.8 Å². The maximum absolute atomic E-state index is 10.9. The van der Waals surface area contributed by atoms with E-state index in [1.807, 2.05) is 36.4 Å². The fourth-order valence-electron chi connectivity index (χ4n) is 1.84. The number of hydrogen-bond donors (Lipinski definition) is 2. The molecule has 2 aromatic carbocycles. The van der Waals surface area contributed by atoms with Crippen LogP contribution in [-0.2, 0) is 11.3 Å². The minimum Gasteiger partial charge on any atom is -0.481 e. The van der Waals surface area contributed by atoms with Gasteiger partial charge in [-0.1, -0.05) is 24.3 Å². The summed E-state index contributed by atoms with van der Waals surface area (Å²) in [6.45, 7) is 2.42. The molecule has 0 amide bonds. The van der Waals surface area contributed by atoms with Crippen molar-refractivity contribution in [3.05, 3.63) is 63.2 Å². The van der Waals surface area contributed by atoms with Crippen molar-refractivity contribution in [3.8, 4) is 0 Å². The molecule has 0 radical (unpaired) electrons. The van der Waals surface area contributed by atoms with E-state index in [0.717, 1.165) is 23.4 Å². The standard InChI is InChI=1S/C16H16INO2/c1-11(16(19)20)13-4-2-12(3-5-13)10-18-15-8-6-14(17)7-9-15/h2-9,11,18H,10H2,1H3,(H,19,20). The summed E-state index contributed by atoms with van der Waals surface area (Å²) in [6.07, 6.45) is 0. The van der Waals surface area contributed by atoms with Crippen molar-refractivity contribution in [2.45, 2.75) is 19.4 Å². The molecule has 2 rings (SSSR count). The summed E-state index contributed by atoms with van der Waals surface area (Å²) >= 11 is 2.28. The van der Waals surface area contributed by atoms with Gasteiger partial charge in [-0.25, -0.2) is 0 Å². The molecule has 0 heterocycles. The molecule has 3 nitrogen and oxygen atoms in total. The maximum Gasteiger partial charge on any atom is 0.310 e. The largest absolute Gasteiger partial charge is 0.481 e. The summed E-state index contributed by atoms with van der Waals surface area (Å²) < 4.78 is 1.21. The second-order valence-corrected chi connectivity index (χ2v) is 5.91. The fourth-order valence-corrected chi connectivity index (χ4v) is 2.20. The third-order valence-corrected chi connectivity index (χ3v) is 3.91. The number of halogens is 1. The third kappa shape index (κ3) is 3.96. The van der Waals surface area contributed by atoms with E-state index in [-0.39, 0.29) is 0 Å². The van der Waals surface area contributed by atoms with Crippen molar-refractivity contribution < 1.29 is 9.90 Å². The Hall–Kier alpha value is -1.56. The predicted octanol–water partition coefficient (Wildman–Crippen LogP) is 4.09. The van der Waals surface area contributed by atoms with Gasteiger partial charge in [-0.3, -0.25) is 4.79 Å². The molecule has 0 spiro atoms. The van der Waals surface area contributed by atoms with Gasteiger partial charge in [0.1, 0.15) is 0 Å². The minimum atomic E-state index is -0.797. The molecule has 0 saturated heterocycles. The van der Waals surface area contributed by atoms with Crippen LogP contribution >= 0.6 is 22.6 Å². The van der Waals surface area contributed by atoms with Crippen LogP contribution in [0.4, 0.5) is 5.69 Å². The number of carbonyl (C=O) groups is 1. The van der Waals surface area contributed by atoms with Crippen molar-refractivity contribution in [2.24, 2.45) is 0 Å². The van der Waals surface area contributed by atoms with E-state index in [9.17, 15) is 4.79 Å². The Morgan fingerprint density at radius 2 is 1.75 bits per heavy atom. The van der Waals surface area contributed by atoms with Gasteiger partial charge in [-0.15, -0.1) is 0 Å². The van der Waals surface area contributed by atoms with Gasteiger partial charge < -0.3 is 10.4 Å². The number of nitrogens with one attached hydrogen (secondary N) is 1. The maximum atomic E-state index is 10.9. The normalized spacial score (nSPS) is 11.9. The van der Waals surface area contributed by atoms with Gasteiger partial charge in [0.2, 0.25) is 0 Å². The van der Waals surface area contributed by atoms with Crippen molar-refractivity contribution in [3.63, 3.8) is 0 Å². The predicted molar refractivity (Wildman–Crippen MR) is 89.0 cm³/mol. The Bertz CT molecular complexity index is 578. The molecule has 0 aromatic heterocycles. The molecule has 0 bridgehead atoms. The van der Waals surface area contributed by atoms with E-state index in [1.54, 1.807) is 6.92 Å². The zero-order valence-electron chi connectivity index (χ0n) is 11.1. The highest BCUT2D eigenvalue weighted by Gasteiger charge is 2.12. The smallest absolute Gasteiger partial charge is 0.310 e. The first kappa shape index (κ1) is 14.8. The van der Waals surface area contributed by atoms with E-state index in [2.05, 4.69) is 40.0 Å². The average Bonchev–Trinajstić information content (AvgIpc) is 2.46. The summed E-state index contributed by atoms with van der Waals surface area (Å²) in [5, 5.41) is 12.3. The van der Waals surface area contributed by atoms with E-state index in [0.29, 0.717) is 0 Å². The average molecular weight is 381 g/mol. The molecule has 4 heteroatoms. The summed E-state index contributed by atoms with van der Waals surface area (Å²) in [7, 11) is 0. The number of carboxylic acids is 1. The molecule has 0 fully saturated rings. The molecular formula is C16H16INO2. The first-order chi connectivity index (χ1) is 9.56. The first-order valence-corrected chi connectivity index (χ1v) is 7.45. The second kappa shape index (κ2) is 6.74. The van der Waals surface area contributed by atoms with Crippen molar-refractivity contribution in [1.82, 2.24) is 0 Å². The number of rotatable bonds is 5. The Morgan fingerprint density at radius 1 is 1.15 bits per heavy atom. The molecule has 104 valence electrons. The monoisotopic (exact) mass is 381 g/mol. The molecule has 0 aliphatic carbocycles. The molecule has 2 aromatic rings. The fraction of sp³-hybridized carbons (Fsp3) is 0.188. The third-order valence-electron chi connectivity index (χ3n) is 3.19. The molecule has 1 atom stereocenters. The zero-order chi connectivity index (χ0) is 14.5. The molecule has 0 aliphatic heterocycles. The van der Waals surface area contributed by atoms with Gasteiger partial charge in [-0.2, -0.15) is 0 Å². The lowest BCUT2D eigenvalue weighted by atomic mass is 10.00. The Kier molecular flexibility index (Phi) is 5.00. The lowest BCUT2D eigenvalue weighted by molar-refractivity contribution is -0.138. The summed E-state index contributed by atoms with van der Waals surface area (Å²) in [4.78, 5) is 10.9. The molecular weight excluding hydrogens is 365 g/mol. The van der Waals surface area contributed by atoms with Crippen molar-refractivity contribution in [2.75, 3.05) is 5.32 Å². The minimum absolute atomic E-state index is 0.465. The highest BCUT2D eigenvalue weighted by molar-refractivity contribution is 14.1. The molecule has 20 heavy (non-hydrogen) atoms. The van der Waals surface area contributed by atoms with Crippen LogP contribution in [0.25, 0.3) is 0 Å². The number of anilines is 1. The molecule has 1 unspecified atom stereocenters. The first-order valence-electron chi connectivity index (χ1n) is 6.37. The molecule has 2 N–H and O–H groups in total. The van der Waals surface area contributed by atoms with Crippen molar-refractivity contribution in [1.29, 1.82) is 0 Å². The number of carboxylic acid groups (broad SMARTS) is 1. The van der Waals surface area contributed by atoms with Crippen LogP contribution in [0.1, 0.15) is 24.0 Å². The van der Waals surface area contributed by atoms with Crippen LogP contribution in [0, 0.1) is 3.57 Å². The highest BCUT2D eigenvalue weighted by Crippen LogP contribution is 2.17. The lowest BCUT2D eigenvalue weighted by Crippen LogP contribution is -2.07. The Morgan fingerprint density at radius 3 is 2.30 bits per heavy atom.